The van der Waals surface area contributed by atoms with Gasteiger partial charge in [-0.3, -0.25) is 4.90 Å². The molecule has 1 heterocycles. The van der Waals surface area contributed by atoms with Crippen LogP contribution in [-0.4, -0.2) is 36.7 Å². The minimum absolute atomic E-state index is 0.102. The SMILES string of the molecule is CC1CN(C(CN)c2ccc(F)c(Br)c2)CC(C)O1. The van der Waals surface area contributed by atoms with Gasteiger partial charge in [-0.1, -0.05) is 6.07 Å². The third-order valence-electron chi connectivity index (χ3n) is 3.44. The largest absolute Gasteiger partial charge is 0.373 e. The highest BCUT2D eigenvalue weighted by molar-refractivity contribution is 9.10. The summed E-state index contributed by atoms with van der Waals surface area (Å²) in [5.74, 6) is -0.247. The molecule has 3 atom stereocenters. The third kappa shape index (κ3) is 3.54. The standard InChI is InChI=1S/C14H20BrFN2O/c1-9-7-18(8-10(2)19-9)14(6-17)11-3-4-13(16)12(15)5-11/h3-5,9-10,14H,6-8,17H2,1-2H3. The van der Waals surface area contributed by atoms with E-state index in [-0.39, 0.29) is 24.1 Å². The van der Waals surface area contributed by atoms with Gasteiger partial charge in [0.05, 0.1) is 16.7 Å². The van der Waals surface area contributed by atoms with Gasteiger partial charge in [0.2, 0.25) is 0 Å². The molecule has 1 aliphatic rings. The van der Waals surface area contributed by atoms with Gasteiger partial charge in [0, 0.05) is 25.7 Å². The molecule has 2 N–H and O–H groups in total. The van der Waals surface area contributed by atoms with Gasteiger partial charge in [-0.15, -0.1) is 0 Å². The van der Waals surface area contributed by atoms with Crippen molar-refractivity contribution in [3.63, 3.8) is 0 Å². The number of hydrogen-bond donors (Lipinski definition) is 1. The molecule has 1 saturated heterocycles. The number of nitrogens with zero attached hydrogens (tertiary/aromatic N) is 1. The Morgan fingerprint density at radius 3 is 2.58 bits per heavy atom. The van der Waals surface area contributed by atoms with Crippen LogP contribution in [0.15, 0.2) is 22.7 Å². The molecule has 0 saturated carbocycles. The fourth-order valence-electron chi connectivity index (χ4n) is 2.69. The van der Waals surface area contributed by atoms with E-state index in [0.717, 1.165) is 18.7 Å². The van der Waals surface area contributed by atoms with Crippen molar-refractivity contribution in [2.75, 3.05) is 19.6 Å². The maximum absolute atomic E-state index is 13.3. The summed E-state index contributed by atoms with van der Waals surface area (Å²) < 4.78 is 19.5. The van der Waals surface area contributed by atoms with Crippen molar-refractivity contribution in [1.82, 2.24) is 4.90 Å². The summed E-state index contributed by atoms with van der Waals surface area (Å²) in [5.41, 5.74) is 6.96. The molecule has 0 spiro atoms. The molecule has 3 nitrogen and oxygen atoms in total. The van der Waals surface area contributed by atoms with Crippen LogP contribution in [-0.2, 0) is 4.74 Å². The highest BCUT2D eigenvalue weighted by Crippen LogP contribution is 2.27. The Kier molecular flexibility index (Phi) is 4.95. The van der Waals surface area contributed by atoms with Gasteiger partial charge in [-0.05, 0) is 47.5 Å². The molecule has 1 aromatic carbocycles. The van der Waals surface area contributed by atoms with Gasteiger partial charge in [0.15, 0.2) is 0 Å². The topological polar surface area (TPSA) is 38.5 Å². The van der Waals surface area contributed by atoms with E-state index in [1.54, 1.807) is 0 Å². The van der Waals surface area contributed by atoms with Crippen molar-refractivity contribution in [2.24, 2.45) is 5.73 Å². The summed E-state index contributed by atoms with van der Waals surface area (Å²) in [4.78, 5) is 2.32. The first-order valence-corrected chi connectivity index (χ1v) is 7.35. The summed E-state index contributed by atoms with van der Waals surface area (Å²) >= 11 is 3.23. The lowest BCUT2D eigenvalue weighted by Crippen LogP contribution is -2.48. The van der Waals surface area contributed by atoms with Crippen LogP contribution in [0.4, 0.5) is 4.39 Å². The molecule has 0 bridgehead atoms. The van der Waals surface area contributed by atoms with E-state index in [0.29, 0.717) is 11.0 Å². The lowest BCUT2D eigenvalue weighted by atomic mass is 10.0. The number of hydrogen-bond acceptors (Lipinski definition) is 3. The maximum atomic E-state index is 13.3. The summed E-state index contributed by atoms with van der Waals surface area (Å²) in [7, 11) is 0. The second-order valence-electron chi connectivity index (χ2n) is 5.14. The Hall–Kier alpha value is -0.490. The molecule has 0 aliphatic carbocycles. The summed E-state index contributed by atoms with van der Waals surface area (Å²) in [6.07, 6.45) is 0.392. The molecule has 106 valence electrons. The number of benzene rings is 1. The quantitative estimate of drug-likeness (QED) is 0.926. The summed E-state index contributed by atoms with van der Waals surface area (Å²) in [6, 6.07) is 5.21. The van der Waals surface area contributed by atoms with Crippen LogP contribution in [0.25, 0.3) is 0 Å². The number of nitrogens with two attached hydrogens (primary N) is 1. The first-order chi connectivity index (χ1) is 9.01. The summed E-state index contributed by atoms with van der Waals surface area (Å²) in [5, 5.41) is 0. The molecular weight excluding hydrogens is 311 g/mol. The van der Waals surface area contributed by atoms with Crippen molar-refractivity contribution in [2.45, 2.75) is 32.1 Å². The Morgan fingerprint density at radius 1 is 1.42 bits per heavy atom. The lowest BCUT2D eigenvalue weighted by Gasteiger charge is -2.40. The highest BCUT2D eigenvalue weighted by atomic mass is 79.9. The van der Waals surface area contributed by atoms with Crippen molar-refractivity contribution in [3.8, 4) is 0 Å². The normalized spacial score (nSPS) is 26.4. The molecule has 0 radical (unpaired) electrons. The van der Waals surface area contributed by atoms with Crippen LogP contribution >= 0.6 is 15.9 Å². The van der Waals surface area contributed by atoms with Crippen LogP contribution in [0, 0.1) is 5.82 Å². The lowest BCUT2D eigenvalue weighted by molar-refractivity contribution is -0.0799. The fourth-order valence-corrected chi connectivity index (χ4v) is 3.08. The predicted octanol–water partition coefficient (Wildman–Crippen LogP) is 2.70. The zero-order valence-electron chi connectivity index (χ0n) is 11.3. The average molecular weight is 331 g/mol. The second kappa shape index (κ2) is 6.31. The van der Waals surface area contributed by atoms with Crippen LogP contribution in [0.1, 0.15) is 25.5 Å². The van der Waals surface area contributed by atoms with E-state index in [4.69, 9.17) is 10.5 Å². The molecule has 2 rings (SSSR count). The minimum atomic E-state index is -0.247. The van der Waals surface area contributed by atoms with E-state index >= 15 is 0 Å². The second-order valence-corrected chi connectivity index (χ2v) is 5.99. The number of morpholine rings is 1. The number of ether oxygens (including phenoxy) is 1. The molecule has 19 heavy (non-hydrogen) atoms. The molecular formula is C14H20BrFN2O. The van der Waals surface area contributed by atoms with E-state index in [9.17, 15) is 4.39 Å². The number of rotatable bonds is 3. The van der Waals surface area contributed by atoms with Gasteiger partial charge in [0.25, 0.3) is 0 Å². The Labute approximate surface area is 122 Å². The highest BCUT2D eigenvalue weighted by Gasteiger charge is 2.28. The fraction of sp³-hybridized carbons (Fsp3) is 0.571. The van der Waals surface area contributed by atoms with Crippen molar-refractivity contribution >= 4 is 15.9 Å². The van der Waals surface area contributed by atoms with Crippen molar-refractivity contribution in [3.05, 3.63) is 34.1 Å². The minimum Gasteiger partial charge on any atom is -0.373 e. The van der Waals surface area contributed by atoms with Crippen LogP contribution < -0.4 is 5.73 Å². The molecule has 1 aromatic rings. The monoisotopic (exact) mass is 330 g/mol. The Bertz CT molecular complexity index is 433. The molecule has 3 unspecified atom stereocenters. The first kappa shape index (κ1) is 14.9. The number of halogens is 2. The zero-order chi connectivity index (χ0) is 14.0. The van der Waals surface area contributed by atoms with Gasteiger partial charge < -0.3 is 10.5 Å². The van der Waals surface area contributed by atoms with Crippen LogP contribution in [0.5, 0.6) is 0 Å². The molecule has 1 fully saturated rings. The Balaban J connectivity index is 2.21. The smallest absolute Gasteiger partial charge is 0.137 e. The zero-order valence-corrected chi connectivity index (χ0v) is 12.9. The summed E-state index contributed by atoms with van der Waals surface area (Å²) in [6.45, 7) is 6.34. The average Bonchev–Trinajstić information content (AvgIpc) is 2.33. The van der Waals surface area contributed by atoms with Crippen molar-refractivity contribution < 1.29 is 9.13 Å². The molecule has 1 aliphatic heterocycles. The van der Waals surface area contributed by atoms with Gasteiger partial charge in [-0.2, -0.15) is 0 Å². The van der Waals surface area contributed by atoms with Crippen molar-refractivity contribution in [1.29, 1.82) is 0 Å². The van der Waals surface area contributed by atoms with Gasteiger partial charge >= 0.3 is 0 Å². The molecule has 5 heteroatoms. The van der Waals surface area contributed by atoms with Gasteiger partial charge in [0.1, 0.15) is 5.82 Å². The van der Waals surface area contributed by atoms with E-state index < -0.39 is 0 Å². The van der Waals surface area contributed by atoms with Gasteiger partial charge in [-0.25, -0.2) is 4.39 Å². The first-order valence-electron chi connectivity index (χ1n) is 6.55. The van der Waals surface area contributed by atoms with Crippen LogP contribution in [0.3, 0.4) is 0 Å². The van der Waals surface area contributed by atoms with E-state index in [2.05, 4.69) is 34.7 Å². The van der Waals surface area contributed by atoms with E-state index in [1.807, 2.05) is 12.1 Å². The van der Waals surface area contributed by atoms with Crippen LogP contribution in [0.2, 0.25) is 0 Å². The predicted molar refractivity (Wildman–Crippen MR) is 77.5 cm³/mol. The third-order valence-corrected chi connectivity index (χ3v) is 4.05. The van der Waals surface area contributed by atoms with E-state index in [1.165, 1.54) is 6.07 Å². The Morgan fingerprint density at radius 2 is 2.05 bits per heavy atom. The molecule has 0 amide bonds. The maximum Gasteiger partial charge on any atom is 0.137 e. The molecule has 0 aromatic heterocycles.